The van der Waals surface area contributed by atoms with Gasteiger partial charge in [0.1, 0.15) is 28.9 Å². The van der Waals surface area contributed by atoms with Crippen molar-refractivity contribution in [1.29, 1.82) is 0 Å². The molecule has 0 bridgehead atoms. The van der Waals surface area contributed by atoms with Crippen molar-refractivity contribution in [1.82, 2.24) is 14.5 Å². The zero-order valence-electron chi connectivity index (χ0n) is 29.5. The van der Waals surface area contributed by atoms with E-state index in [4.69, 9.17) is 21.1 Å². The molecule has 0 unspecified atom stereocenters. The molecule has 2 amide bonds. The number of piperazine rings is 1. The lowest BCUT2D eigenvalue weighted by molar-refractivity contribution is -0.121. The van der Waals surface area contributed by atoms with Gasteiger partial charge in [-0.05, 0) is 70.4 Å². The zero-order chi connectivity index (χ0) is 36.6. The van der Waals surface area contributed by atoms with Crippen molar-refractivity contribution in [2.45, 2.75) is 72.1 Å². The first-order valence-corrected chi connectivity index (χ1v) is 16.8. The van der Waals surface area contributed by atoms with Crippen LogP contribution in [0.4, 0.5) is 25.0 Å². The number of ether oxygens (including phenoxy) is 2. The van der Waals surface area contributed by atoms with Gasteiger partial charge in [-0.15, -0.1) is 0 Å². The summed E-state index contributed by atoms with van der Waals surface area (Å²) in [5.74, 6) is -2.28. The topological polar surface area (TPSA) is 97.2 Å². The van der Waals surface area contributed by atoms with Gasteiger partial charge in [0.2, 0.25) is 0 Å². The summed E-state index contributed by atoms with van der Waals surface area (Å²) in [4.78, 5) is 51.5. The summed E-state index contributed by atoms with van der Waals surface area (Å²) >= 11 is 6.90. The minimum atomic E-state index is -0.953. The molecule has 0 radical (unpaired) electrons. The quantitative estimate of drug-likeness (QED) is 0.221. The molecule has 10 nitrogen and oxygen atoms in total. The van der Waals surface area contributed by atoms with Gasteiger partial charge in [-0.2, -0.15) is 0 Å². The first-order chi connectivity index (χ1) is 23.5. The summed E-state index contributed by atoms with van der Waals surface area (Å²) in [6.07, 6.45) is 1.05. The van der Waals surface area contributed by atoms with E-state index in [0.717, 1.165) is 0 Å². The van der Waals surface area contributed by atoms with Crippen molar-refractivity contribution in [3.63, 3.8) is 0 Å². The van der Waals surface area contributed by atoms with E-state index in [1.165, 1.54) is 52.8 Å². The number of halogens is 3. The molecule has 1 fully saturated rings. The third-order valence-corrected chi connectivity index (χ3v) is 9.57. The predicted octanol–water partition coefficient (Wildman–Crippen LogP) is 7.22. The van der Waals surface area contributed by atoms with Crippen LogP contribution in [0.15, 0.2) is 41.3 Å². The van der Waals surface area contributed by atoms with Gasteiger partial charge in [0.25, 0.3) is 11.5 Å². The SMILES string of the molecule is COc1cccc(F)c1-c1c(Cl)cc2c3c(c(=O)n(-c4c(C)ccnc4C(C)C)c2c1F)N(C)C(=O)[C@H]1CN(C(=O)OC(C)(C)C)[C@H](C)CN31. The van der Waals surface area contributed by atoms with Crippen molar-refractivity contribution >= 4 is 45.9 Å². The van der Waals surface area contributed by atoms with Gasteiger partial charge in [0.15, 0.2) is 5.82 Å². The largest absolute Gasteiger partial charge is 0.496 e. The number of benzene rings is 2. The standard InChI is InChI=1S/C37H40ClF2N5O5/c1-18(2)29-30(19(3)13-14-41-29)45-31-21(15-22(38)26(28(31)40)27-23(39)11-10-12-25(27)49-9)32-33(35(45)47)42(8)34(46)24-17-43(20(4)16-44(24)32)36(48)50-37(5,6)7/h10-15,18,20,24H,16-17H2,1-9H3/t20-,24-/m1/s1. The molecule has 2 aliphatic rings. The minimum absolute atomic E-state index is 0.0151. The van der Waals surface area contributed by atoms with Gasteiger partial charge in [-0.1, -0.05) is 31.5 Å². The van der Waals surface area contributed by atoms with Crippen LogP contribution in [0.1, 0.15) is 58.7 Å². The lowest BCUT2D eigenvalue weighted by atomic mass is 9.95. The normalized spacial score (nSPS) is 17.7. The average molecular weight is 708 g/mol. The molecule has 0 spiro atoms. The number of methoxy groups -OCH3 is 1. The highest BCUT2D eigenvalue weighted by Gasteiger charge is 2.47. The number of aromatic nitrogens is 2. The Kier molecular flexibility index (Phi) is 8.82. The van der Waals surface area contributed by atoms with Crippen molar-refractivity contribution in [2.24, 2.45) is 0 Å². The van der Waals surface area contributed by atoms with E-state index in [0.29, 0.717) is 16.9 Å². The van der Waals surface area contributed by atoms with E-state index < -0.39 is 46.9 Å². The van der Waals surface area contributed by atoms with Crippen molar-refractivity contribution in [3.05, 3.63) is 74.8 Å². The lowest BCUT2D eigenvalue weighted by Crippen LogP contribution is -2.66. The molecule has 4 heterocycles. The number of aryl methyl sites for hydroxylation is 1. The smallest absolute Gasteiger partial charge is 0.410 e. The Morgan fingerprint density at radius 3 is 2.40 bits per heavy atom. The molecule has 0 aliphatic carbocycles. The Hall–Kier alpha value is -4.71. The van der Waals surface area contributed by atoms with Crippen LogP contribution in [-0.4, -0.2) is 71.4 Å². The van der Waals surface area contributed by atoms with Crippen LogP contribution in [-0.2, 0) is 9.53 Å². The lowest BCUT2D eigenvalue weighted by Gasteiger charge is -2.50. The van der Waals surface area contributed by atoms with E-state index >= 15 is 13.6 Å². The van der Waals surface area contributed by atoms with Gasteiger partial charge in [-0.25, -0.2) is 13.6 Å². The molecular formula is C37H40ClF2N5O5. The Morgan fingerprint density at radius 1 is 1.06 bits per heavy atom. The van der Waals surface area contributed by atoms with Crippen LogP contribution in [0.3, 0.4) is 0 Å². The monoisotopic (exact) mass is 707 g/mol. The molecule has 13 heteroatoms. The zero-order valence-corrected chi connectivity index (χ0v) is 30.3. The summed E-state index contributed by atoms with van der Waals surface area (Å²) < 4.78 is 45.5. The summed E-state index contributed by atoms with van der Waals surface area (Å²) in [6.45, 7) is 12.8. The van der Waals surface area contributed by atoms with E-state index in [9.17, 15) is 9.59 Å². The summed E-state index contributed by atoms with van der Waals surface area (Å²) in [5, 5.41) is 0.0933. The number of hydrogen-bond donors (Lipinski definition) is 0. The first kappa shape index (κ1) is 35.1. The number of likely N-dealkylation sites (N-methyl/N-ethyl adjacent to an activating group) is 1. The van der Waals surface area contributed by atoms with Crippen LogP contribution in [0.25, 0.3) is 27.7 Å². The van der Waals surface area contributed by atoms with E-state index in [2.05, 4.69) is 4.98 Å². The maximum absolute atomic E-state index is 17.6. The highest BCUT2D eigenvalue weighted by Crippen LogP contribution is 2.48. The summed E-state index contributed by atoms with van der Waals surface area (Å²) in [7, 11) is 2.83. The molecule has 264 valence electrons. The number of rotatable bonds is 4. The molecule has 6 rings (SSSR count). The molecular weight excluding hydrogens is 668 g/mol. The Morgan fingerprint density at radius 2 is 1.76 bits per heavy atom. The predicted molar refractivity (Wildman–Crippen MR) is 190 cm³/mol. The Labute approximate surface area is 294 Å². The van der Waals surface area contributed by atoms with Gasteiger partial charge in [0, 0.05) is 36.8 Å². The van der Waals surface area contributed by atoms with Crippen LogP contribution in [0.2, 0.25) is 5.02 Å². The number of carbonyl (C=O) groups is 2. The van der Waals surface area contributed by atoms with E-state index in [-0.39, 0.29) is 63.2 Å². The van der Waals surface area contributed by atoms with Gasteiger partial charge in [0.05, 0.1) is 46.8 Å². The number of anilines is 2. The second kappa shape index (κ2) is 12.6. The summed E-state index contributed by atoms with van der Waals surface area (Å²) in [6, 6.07) is 5.95. The number of carbonyl (C=O) groups excluding carboxylic acids is 2. The summed E-state index contributed by atoms with van der Waals surface area (Å²) in [5.41, 5.74) is -0.285. The molecule has 50 heavy (non-hydrogen) atoms. The van der Waals surface area contributed by atoms with E-state index in [1.54, 1.807) is 44.9 Å². The fourth-order valence-electron chi connectivity index (χ4n) is 7.02. The molecule has 0 N–H and O–H groups in total. The fourth-order valence-corrected chi connectivity index (χ4v) is 7.31. The number of pyridine rings is 2. The molecule has 2 aromatic heterocycles. The van der Waals surface area contributed by atoms with Crippen LogP contribution >= 0.6 is 11.6 Å². The van der Waals surface area contributed by atoms with Crippen LogP contribution < -0.4 is 20.1 Å². The maximum atomic E-state index is 17.6. The minimum Gasteiger partial charge on any atom is -0.496 e. The van der Waals surface area contributed by atoms with Crippen LogP contribution in [0, 0.1) is 18.6 Å². The van der Waals surface area contributed by atoms with Crippen LogP contribution in [0.5, 0.6) is 5.75 Å². The Bertz CT molecular complexity index is 2130. The molecule has 2 atom stereocenters. The number of fused-ring (bicyclic) bond motifs is 5. The third kappa shape index (κ3) is 5.53. The van der Waals surface area contributed by atoms with Gasteiger partial charge >= 0.3 is 6.09 Å². The second-order valence-electron chi connectivity index (χ2n) is 14.2. The fraction of sp³-hybridized carbons (Fsp3) is 0.405. The van der Waals surface area contributed by atoms with Gasteiger partial charge in [-0.3, -0.25) is 19.1 Å². The molecule has 2 aromatic carbocycles. The van der Waals surface area contributed by atoms with Crippen molar-refractivity contribution < 1.29 is 27.8 Å². The highest BCUT2D eigenvalue weighted by atomic mass is 35.5. The second-order valence-corrected chi connectivity index (χ2v) is 14.6. The third-order valence-electron chi connectivity index (χ3n) is 9.28. The number of hydrogen-bond acceptors (Lipinski definition) is 7. The first-order valence-electron chi connectivity index (χ1n) is 16.4. The molecule has 0 saturated carbocycles. The van der Waals surface area contributed by atoms with Crippen molar-refractivity contribution in [2.75, 3.05) is 37.0 Å². The average Bonchev–Trinajstić information content (AvgIpc) is 3.03. The molecule has 1 saturated heterocycles. The van der Waals surface area contributed by atoms with E-state index in [1.807, 2.05) is 20.8 Å². The van der Waals surface area contributed by atoms with Crippen molar-refractivity contribution in [3.8, 4) is 22.6 Å². The Balaban J connectivity index is 1.73. The molecule has 2 aliphatic heterocycles. The number of nitrogens with zero attached hydrogens (tertiary/aromatic N) is 5. The molecule has 4 aromatic rings. The maximum Gasteiger partial charge on any atom is 0.410 e. The number of amides is 2. The van der Waals surface area contributed by atoms with Gasteiger partial charge < -0.3 is 24.2 Å². The highest BCUT2D eigenvalue weighted by molar-refractivity contribution is 6.35.